The van der Waals surface area contributed by atoms with Crippen LogP contribution >= 0.6 is 0 Å². The summed E-state index contributed by atoms with van der Waals surface area (Å²) in [5.74, 6) is 0.653. The minimum atomic E-state index is -3.03. The Labute approximate surface area is 193 Å². The first-order valence-corrected chi connectivity index (χ1v) is 13.0. The predicted molar refractivity (Wildman–Crippen MR) is 127 cm³/mol. The lowest BCUT2D eigenvalue weighted by Crippen LogP contribution is -2.29. The second-order valence-electron chi connectivity index (χ2n) is 8.76. The van der Waals surface area contributed by atoms with Gasteiger partial charge in [-0.1, -0.05) is 24.6 Å². The van der Waals surface area contributed by atoms with Gasteiger partial charge >= 0.3 is 0 Å². The largest absolute Gasteiger partial charge is 0.275 e. The number of hydrogen-bond donors (Lipinski definition) is 0. The summed E-state index contributed by atoms with van der Waals surface area (Å²) in [5, 5.41) is 8.48. The Hall–Kier alpha value is -3.33. The third-order valence-corrected chi connectivity index (χ3v) is 7.96. The number of hydrogen-bond acceptors (Lipinski definition) is 6. The van der Waals surface area contributed by atoms with Crippen molar-refractivity contribution in [3.63, 3.8) is 0 Å². The first-order chi connectivity index (χ1) is 15.9. The second-order valence-corrected chi connectivity index (χ2v) is 11.1. The molecule has 0 radical (unpaired) electrons. The molecule has 0 unspecified atom stereocenters. The summed E-state index contributed by atoms with van der Waals surface area (Å²) in [7, 11) is -1.13. The van der Waals surface area contributed by atoms with Gasteiger partial charge in [-0.25, -0.2) is 18.4 Å². The Balaban J connectivity index is 1.34. The predicted octanol–water partition coefficient (Wildman–Crippen LogP) is 3.94. The van der Waals surface area contributed by atoms with E-state index in [1.807, 2.05) is 48.5 Å². The first-order valence-electron chi connectivity index (χ1n) is 11.0. The zero-order valence-electron chi connectivity index (χ0n) is 18.7. The fraction of sp³-hybridized carbons (Fsp3) is 0.333. The van der Waals surface area contributed by atoms with Gasteiger partial charge in [-0.2, -0.15) is 10.2 Å². The molecule has 33 heavy (non-hydrogen) atoms. The SMILES string of the molecule is Cn1cc(-c2cccc(-c3ncc(-c4cnn([C@@H]5CCC[C@H](S(C)(=O)=O)C5)c4)cn3)c2)cn1. The smallest absolute Gasteiger partial charge is 0.159 e. The summed E-state index contributed by atoms with van der Waals surface area (Å²) in [6.45, 7) is 0. The molecule has 0 aliphatic heterocycles. The molecule has 1 aliphatic carbocycles. The molecule has 1 aliphatic rings. The van der Waals surface area contributed by atoms with E-state index in [2.05, 4.69) is 26.2 Å². The van der Waals surface area contributed by atoms with E-state index in [0.29, 0.717) is 12.2 Å². The van der Waals surface area contributed by atoms with Gasteiger partial charge in [0.1, 0.15) is 9.84 Å². The van der Waals surface area contributed by atoms with Crippen molar-refractivity contribution in [3.05, 3.63) is 61.4 Å². The molecule has 5 rings (SSSR count). The third kappa shape index (κ3) is 4.59. The zero-order valence-corrected chi connectivity index (χ0v) is 19.5. The van der Waals surface area contributed by atoms with Crippen LogP contribution in [0.5, 0.6) is 0 Å². The quantitative estimate of drug-likeness (QED) is 0.446. The zero-order chi connectivity index (χ0) is 23.0. The number of aryl methyl sites for hydroxylation is 1. The van der Waals surface area contributed by atoms with Gasteiger partial charge in [0.25, 0.3) is 0 Å². The van der Waals surface area contributed by atoms with Crippen LogP contribution in [0.25, 0.3) is 33.6 Å². The van der Waals surface area contributed by atoms with Crippen molar-refractivity contribution in [2.75, 3.05) is 6.26 Å². The number of benzene rings is 1. The molecule has 0 bridgehead atoms. The number of sulfone groups is 1. The Bertz CT molecular complexity index is 1370. The number of nitrogens with zero attached hydrogens (tertiary/aromatic N) is 6. The van der Waals surface area contributed by atoms with Crippen LogP contribution in [0.2, 0.25) is 0 Å². The molecular formula is C24H26N6O2S. The number of aromatic nitrogens is 6. The molecule has 1 saturated carbocycles. The van der Waals surface area contributed by atoms with Crippen molar-refractivity contribution < 1.29 is 8.42 Å². The lowest BCUT2D eigenvalue weighted by Gasteiger charge is -2.28. The van der Waals surface area contributed by atoms with Crippen LogP contribution in [0.4, 0.5) is 0 Å². The van der Waals surface area contributed by atoms with Crippen LogP contribution in [0.1, 0.15) is 31.7 Å². The van der Waals surface area contributed by atoms with Gasteiger partial charge in [-0.15, -0.1) is 0 Å². The molecular weight excluding hydrogens is 436 g/mol. The average molecular weight is 463 g/mol. The normalized spacial score (nSPS) is 19.0. The van der Waals surface area contributed by atoms with Crippen LogP contribution in [0.15, 0.2) is 61.4 Å². The van der Waals surface area contributed by atoms with Gasteiger partial charge in [0.05, 0.1) is 23.7 Å². The summed E-state index contributed by atoms with van der Waals surface area (Å²) in [4.78, 5) is 9.17. The monoisotopic (exact) mass is 462 g/mol. The fourth-order valence-corrected chi connectivity index (χ4v) is 5.64. The van der Waals surface area contributed by atoms with E-state index >= 15 is 0 Å². The second kappa shape index (κ2) is 8.55. The van der Waals surface area contributed by atoms with Crippen molar-refractivity contribution >= 4 is 9.84 Å². The van der Waals surface area contributed by atoms with Gasteiger partial charge in [-0.3, -0.25) is 9.36 Å². The summed E-state index contributed by atoms with van der Waals surface area (Å²) < 4.78 is 27.7. The van der Waals surface area contributed by atoms with E-state index in [0.717, 1.165) is 47.1 Å². The van der Waals surface area contributed by atoms with Crippen LogP contribution in [-0.2, 0) is 16.9 Å². The van der Waals surface area contributed by atoms with E-state index in [1.54, 1.807) is 23.3 Å². The Morgan fingerprint density at radius 1 is 0.879 bits per heavy atom. The van der Waals surface area contributed by atoms with E-state index in [1.165, 1.54) is 6.26 Å². The fourth-order valence-electron chi connectivity index (χ4n) is 4.47. The van der Waals surface area contributed by atoms with Crippen molar-refractivity contribution in [1.29, 1.82) is 0 Å². The van der Waals surface area contributed by atoms with Crippen LogP contribution in [0.3, 0.4) is 0 Å². The lowest BCUT2D eigenvalue weighted by molar-refractivity contribution is 0.329. The van der Waals surface area contributed by atoms with Crippen LogP contribution in [-0.4, -0.2) is 49.5 Å². The van der Waals surface area contributed by atoms with Gasteiger partial charge < -0.3 is 0 Å². The lowest BCUT2D eigenvalue weighted by atomic mass is 9.95. The molecule has 8 nitrogen and oxygen atoms in total. The molecule has 170 valence electrons. The maximum absolute atomic E-state index is 12.0. The molecule has 9 heteroatoms. The topological polar surface area (TPSA) is 95.6 Å². The Morgan fingerprint density at radius 2 is 1.61 bits per heavy atom. The summed E-state index contributed by atoms with van der Waals surface area (Å²) in [5.41, 5.74) is 4.85. The highest BCUT2D eigenvalue weighted by Gasteiger charge is 2.30. The highest BCUT2D eigenvalue weighted by Crippen LogP contribution is 2.33. The molecule has 3 aromatic heterocycles. The maximum Gasteiger partial charge on any atom is 0.159 e. The molecule has 4 aromatic rings. The van der Waals surface area contributed by atoms with Gasteiger partial charge in [-0.05, 0) is 30.9 Å². The average Bonchev–Trinajstić information content (AvgIpc) is 3.49. The van der Waals surface area contributed by atoms with Crippen molar-refractivity contribution in [1.82, 2.24) is 29.5 Å². The van der Waals surface area contributed by atoms with Gasteiger partial charge in [0.15, 0.2) is 5.82 Å². The minimum Gasteiger partial charge on any atom is -0.275 e. The van der Waals surface area contributed by atoms with E-state index in [-0.39, 0.29) is 11.3 Å². The molecule has 1 fully saturated rings. The molecule has 0 spiro atoms. The van der Waals surface area contributed by atoms with Crippen LogP contribution < -0.4 is 0 Å². The molecule has 1 aromatic carbocycles. The van der Waals surface area contributed by atoms with E-state index < -0.39 is 9.84 Å². The first kappa shape index (κ1) is 21.5. The van der Waals surface area contributed by atoms with Crippen molar-refractivity contribution in [2.45, 2.75) is 37.0 Å². The minimum absolute atomic E-state index is 0.0997. The maximum atomic E-state index is 12.0. The van der Waals surface area contributed by atoms with Gasteiger partial charge in [0, 0.05) is 60.3 Å². The molecule has 0 saturated heterocycles. The highest BCUT2D eigenvalue weighted by atomic mass is 32.2. The summed E-state index contributed by atoms with van der Waals surface area (Å²) in [6, 6.07) is 8.19. The number of rotatable bonds is 5. The standard InChI is InChI=1S/C24H26N6O2S/c1-29-15-20(13-27-29)17-5-3-6-18(9-17)24-25-11-19(12-26-24)21-14-28-30(16-21)22-7-4-8-23(10-22)33(2,31)32/h3,5-6,9,11-16,22-23H,4,7-8,10H2,1-2H3/t22-,23+/m1/s1. The Kier molecular flexibility index (Phi) is 5.57. The van der Waals surface area contributed by atoms with E-state index in [9.17, 15) is 8.42 Å². The highest BCUT2D eigenvalue weighted by molar-refractivity contribution is 7.91. The summed E-state index contributed by atoms with van der Waals surface area (Å²) in [6.07, 6.45) is 15.7. The van der Waals surface area contributed by atoms with E-state index in [4.69, 9.17) is 0 Å². The van der Waals surface area contributed by atoms with Crippen molar-refractivity contribution in [2.24, 2.45) is 7.05 Å². The molecule has 0 N–H and O–H groups in total. The van der Waals surface area contributed by atoms with Crippen molar-refractivity contribution in [3.8, 4) is 33.6 Å². The van der Waals surface area contributed by atoms with Gasteiger partial charge in [0.2, 0.25) is 0 Å². The third-order valence-electron chi connectivity index (χ3n) is 6.32. The molecule has 2 atom stereocenters. The summed E-state index contributed by atoms with van der Waals surface area (Å²) >= 11 is 0. The van der Waals surface area contributed by atoms with Crippen LogP contribution in [0, 0.1) is 0 Å². The Morgan fingerprint density at radius 3 is 2.33 bits per heavy atom. The molecule has 3 heterocycles. The molecule has 0 amide bonds.